The lowest BCUT2D eigenvalue weighted by Gasteiger charge is -2.01. The van der Waals surface area contributed by atoms with Crippen LogP contribution in [0.15, 0.2) is 74.1 Å². The highest BCUT2D eigenvalue weighted by Crippen LogP contribution is 2.24. The standard InChI is InChI=1S/C19H15N3O5S/c20-11-14(19(23)22-12-16-2-1-9-26-16)10-15-5-8-18(27-15)13-3-6-17(7-4-13)28(21,24)25/h1-10H,12H2,(H,22,23)(H2,21,24,25)/b14-10-. The van der Waals surface area contributed by atoms with Crippen molar-refractivity contribution in [3.63, 3.8) is 0 Å². The Hall–Kier alpha value is -3.61. The van der Waals surface area contributed by atoms with Crippen LogP contribution in [0.4, 0.5) is 0 Å². The van der Waals surface area contributed by atoms with Crippen molar-refractivity contribution < 1.29 is 22.0 Å². The number of nitrogens with two attached hydrogens (primary N) is 1. The molecule has 0 saturated heterocycles. The van der Waals surface area contributed by atoms with Crippen molar-refractivity contribution in [1.29, 1.82) is 5.26 Å². The Morgan fingerprint density at radius 1 is 1.18 bits per heavy atom. The van der Waals surface area contributed by atoms with Crippen LogP contribution in [0.25, 0.3) is 17.4 Å². The Bertz CT molecular complexity index is 1150. The van der Waals surface area contributed by atoms with Crippen molar-refractivity contribution in [2.24, 2.45) is 5.14 Å². The van der Waals surface area contributed by atoms with E-state index in [2.05, 4.69) is 5.32 Å². The van der Waals surface area contributed by atoms with Crippen LogP contribution in [0.3, 0.4) is 0 Å². The van der Waals surface area contributed by atoms with Crippen LogP contribution < -0.4 is 10.5 Å². The van der Waals surface area contributed by atoms with Gasteiger partial charge in [0.1, 0.15) is 28.9 Å². The number of primary sulfonamides is 1. The number of nitriles is 1. The second-order valence-electron chi connectivity index (χ2n) is 5.70. The molecule has 0 unspecified atom stereocenters. The Labute approximate surface area is 160 Å². The number of rotatable bonds is 6. The number of amides is 1. The molecule has 0 aliphatic carbocycles. The van der Waals surface area contributed by atoms with Crippen LogP contribution in [0.2, 0.25) is 0 Å². The van der Waals surface area contributed by atoms with Gasteiger partial charge in [-0.25, -0.2) is 13.6 Å². The highest BCUT2D eigenvalue weighted by atomic mass is 32.2. The van der Waals surface area contributed by atoms with Gasteiger partial charge in [-0.1, -0.05) is 0 Å². The van der Waals surface area contributed by atoms with Gasteiger partial charge in [-0.15, -0.1) is 0 Å². The summed E-state index contributed by atoms with van der Waals surface area (Å²) >= 11 is 0. The van der Waals surface area contributed by atoms with Crippen LogP contribution in [0.1, 0.15) is 11.5 Å². The molecule has 9 heteroatoms. The van der Waals surface area contributed by atoms with Gasteiger partial charge in [0.05, 0.1) is 17.7 Å². The normalized spacial score (nSPS) is 11.8. The molecule has 0 bridgehead atoms. The third kappa shape index (κ3) is 4.56. The minimum atomic E-state index is -3.77. The van der Waals surface area contributed by atoms with E-state index >= 15 is 0 Å². The molecule has 3 aromatic rings. The fourth-order valence-corrected chi connectivity index (χ4v) is 2.88. The van der Waals surface area contributed by atoms with E-state index in [1.165, 1.54) is 24.5 Å². The van der Waals surface area contributed by atoms with Crippen LogP contribution >= 0.6 is 0 Å². The van der Waals surface area contributed by atoms with Crippen molar-refractivity contribution in [2.45, 2.75) is 11.4 Å². The summed E-state index contributed by atoms with van der Waals surface area (Å²) in [5, 5.41) is 16.9. The number of benzene rings is 1. The summed E-state index contributed by atoms with van der Waals surface area (Å²) in [4.78, 5) is 12.1. The summed E-state index contributed by atoms with van der Waals surface area (Å²) in [6.45, 7) is 0.157. The molecule has 2 aromatic heterocycles. The van der Waals surface area contributed by atoms with Gasteiger partial charge in [0, 0.05) is 11.6 Å². The third-order valence-electron chi connectivity index (χ3n) is 3.75. The fourth-order valence-electron chi connectivity index (χ4n) is 2.36. The molecule has 142 valence electrons. The van der Waals surface area contributed by atoms with Gasteiger partial charge in [0.15, 0.2) is 0 Å². The van der Waals surface area contributed by atoms with Crippen LogP contribution in [-0.4, -0.2) is 14.3 Å². The summed E-state index contributed by atoms with van der Waals surface area (Å²) in [7, 11) is -3.77. The third-order valence-corrected chi connectivity index (χ3v) is 4.68. The van der Waals surface area contributed by atoms with E-state index in [1.807, 2.05) is 6.07 Å². The average molecular weight is 397 g/mol. The summed E-state index contributed by atoms with van der Waals surface area (Å²) in [6.07, 6.45) is 2.81. The lowest BCUT2D eigenvalue weighted by Crippen LogP contribution is -2.23. The molecule has 3 rings (SSSR count). The minimum absolute atomic E-state index is 0.0112. The molecule has 0 atom stereocenters. The first kappa shape index (κ1) is 19.2. The lowest BCUT2D eigenvalue weighted by atomic mass is 10.2. The first-order chi connectivity index (χ1) is 13.4. The lowest BCUT2D eigenvalue weighted by molar-refractivity contribution is -0.117. The van der Waals surface area contributed by atoms with Gasteiger partial charge in [-0.3, -0.25) is 4.79 Å². The predicted octanol–water partition coefficient (Wildman–Crippen LogP) is 2.41. The average Bonchev–Trinajstić information content (AvgIpc) is 3.35. The number of sulfonamides is 1. The first-order valence-electron chi connectivity index (χ1n) is 8.02. The molecule has 2 heterocycles. The van der Waals surface area contributed by atoms with E-state index < -0.39 is 15.9 Å². The van der Waals surface area contributed by atoms with E-state index in [-0.39, 0.29) is 17.0 Å². The zero-order valence-electron chi connectivity index (χ0n) is 14.5. The maximum atomic E-state index is 12.1. The number of furan rings is 2. The molecule has 28 heavy (non-hydrogen) atoms. The van der Waals surface area contributed by atoms with Crippen molar-refractivity contribution in [2.75, 3.05) is 0 Å². The molecule has 1 aromatic carbocycles. The number of carbonyl (C=O) groups is 1. The van der Waals surface area contributed by atoms with Crippen LogP contribution in [0.5, 0.6) is 0 Å². The highest BCUT2D eigenvalue weighted by Gasteiger charge is 2.12. The van der Waals surface area contributed by atoms with Gasteiger partial charge < -0.3 is 14.2 Å². The van der Waals surface area contributed by atoms with Crippen molar-refractivity contribution in [1.82, 2.24) is 5.32 Å². The monoisotopic (exact) mass is 397 g/mol. The number of carbonyl (C=O) groups excluding carboxylic acids is 1. The minimum Gasteiger partial charge on any atom is -0.467 e. The molecule has 0 aliphatic heterocycles. The largest absolute Gasteiger partial charge is 0.467 e. The number of nitrogens with one attached hydrogen (secondary N) is 1. The summed E-state index contributed by atoms with van der Waals surface area (Å²) in [5.41, 5.74) is 0.491. The van der Waals surface area contributed by atoms with E-state index in [0.29, 0.717) is 22.8 Å². The topological polar surface area (TPSA) is 139 Å². The van der Waals surface area contributed by atoms with Crippen molar-refractivity contribution in [3.05, 3.63) is 71.9 Å². The predicted molar refractivity (Wildman–Crippen MR) is 99.7 cm³/mol. The molecule has 0 radical (unpaired) electrons. The molecular weight excluding hydrogens is 382 g/mol. The zero-order chi connectivity index (χ0) is 20.1. The maximum Gasteiger partial charge on any atom is 0.262 e. The Balaban J connectivity index is 1.74. The highest BCUT2D eigenvalue weighted by molar-refractivity contribution is 7.89. The smallest absolute Gasteiger partial charge is 0.262 e. The number of hydrogen-bond donors (Lipinski definition) is 2. The SMILES string of the molecule is N#C/C(=C/c1ccc(-c2ccc(S(N)(=O)=O)cc2)o1)C(=O)NCc1ccco1. The van der Waals surface area contributed by atoms with Crippen LogP contribution in [0, 0.1) is 11.3 Å². The van der Waals surface area contributed by atoms with E-state index in [1.54, 1.807) is 36.4 Å². The second-order valence-corrected chi connectivity index (χ2v) is 7.26. The second kappa shape index (κ2) is 7.96. The molecule has 0 saturated carbocycles. The van der Waals surface area contributed by atoms with Crippen molar-refractivity contribution in [3.8, 4) is 17.4 Å². The molecule has 1 amide bonds. The number of nitrogens with zero attached hydrogens (tertiary/aromatic N) is 1. The summed E-state index contributed by atoms with van der Waals surface area (Å²) < 4.78 is 33.3. The quantitative estimate of drug-likeness (QED) is 0.484. The van der Waals surface area contributed by atoms with E-state index in [0.717, 1.165) is 0 Å². The van der Waals surface area contributed by atoms with Crippen molar-refractivity contribution >= 4 is 22.0 Å². The molecular formula is C19H15N3O5S. The Morgan fingerprint density at radius 2 is 1.93 bits per heavy atom. The first-order valence-corrected chi connectivity index (χ1v) is 9.57. The zero-order valence-corrected chi connectivity index (χ0v) is 15.3. The molecule has 0 spiro atoms. The van der Waals surface area contributed by atoms with Crippen LogP contribution in [-0.2, 0) is 21.4 Å². The Morgan fingerprint density at radius 3 is 2.54 bits per heavy atom. The molecule has 0 fully saturated rings. The van der Waals surface area contributed by atoms with Gasteiger partial charge in [-0.05, 0) is 48.5 Å². The molecule has 3 N–H and O–H groups in total. The maximum absolute atomic E-state index is 12.1. The van der Waals surface area contributed by atoms with Gasteiger partial charge in [-0.2, -0.15) is 5.26 Å². The van der Waals surface area contributed by atoms with Gasteiger partial charge in [0.25, 0.3) is 5.91 Å². The Kier molecular flexibility index (Phi) is 5.44. The number of hydrogen-bond acceptors (Lipinski definition) is 6. The van der Waals surface area contributed by atoms with E-state index in [9.17, 15) is 18.5 Å². The molecule has 8 nitrogen and oxygen atoms in total. The van der Waals surface area contributed by atoms with Gasteiger partial charge in [0.2, 0.25) is 10.0 Å². The van der Waals surface area contributed by atoms with E-state index in [4.69, 9.17) is 14.0 Å². The van der Waals surface area contributed by atoms with Gasteiger partial charge >= 0.3 is 0 Å². The molecule has 0 aliphatic rings. The fraction of sp³-hybridized carbons (Fsp3) is 0.0526. The summed E-state index contributed by atoms with van der Waals surface area (Å²) in [6, 6.07) is 14.3. The summed E-state index contributed by atoms with van der Waals surface area (Å²) in [5.74, 6) is 0.749.